The molecule has 1 fully saturated rings. The van der Waals surface area contributed by atoms with Gasteiger partial charge in [0.15, 0.2) is 0 Å². The summed E-state index contributed by atoms with van der Waals surface area (Å²) in [5.41, 5.74) is 7.50. The summed E-state index contributed by atoms with van der Waals surface area (Å²) >= 11 is 0. The number of aromatic amines is 2. The lowest BCUT2D eigenvalue weighted by atomic mass is 10.0. The smallest absolute Gasteiger partial charge is 0.219 e. The highest BCUT2D eigenvalue weighted by atomic mass is 16.2. The molecule has 0 unspecified atom stereocenters. The normalized spacial score (nSPS) is 14.8. The fourth-order valence-corrected chi connectivity index (χ4v) is 4.82. The number of benzene rings is 2. The second-order valence-corrected chi connectivity index (χ2v) is 8.96. The number of piperazine rings is 1. The van der Waals surface area contributed by atoms with Gasteiger partial charge in [0.25, 0.3) is 0 Å². The van der Waals surface area contributed by atoms with Crippen molar-refractivity contribution < 1.29 is 4.79 Å². The molecule has 1 aliphatic heterocycles. The van der Waals surface area contributed by atoms with Crippen LogP contribution in [0.4, 0.5) is 0 Å². The molecule has 1 saturated heterocycles. The van der Waals surface area contributed by atoms with E-state index in [4.69, 9.17) is 0 Å². The summed E-state index contributed by atoms with van der Waals surface area (Å²) < 4.78 is 0. The van der Waals surface area contributed by atoms with Gasteiger partial charge < -0.3 is 9.88 Å². The van der Waals surface area contributed by atoms with Gasteiger partial charge >= 0.3 is 0 Å². The van der Waals surface area contributed by atoms with Gasteiger partial charge in [-0.1, -0.05) is 18.2 Å². The van der Waals surface area contributed by atoms with Gasteiger partial charge in [-0.3, -0.25) is 19.8 Å². The van der Waals surface area contributed by atoms with Crippen LogP contribution in [0.15, 0.2) is 67.0 Å². The summed E-state index contributed by atoms with van der Waals surface area (Å²) in [6.07, 6.45) is 3.67. The van der Waals surface area contributed by atoms with Crippen LogP contribution in [0.5, 0.6) is 0 Å². The summed E-state index contributed by atoms with van der Waals surface area (Å²) in [4.78, 5) is 23.7. The van der Waals surface area contributed by atoms with Crippen molar-refractivity contribution in [2.75, 3.05) is 26.2 Å². The average Bonchev–Trinajstić information content (AvgIpc) is 3.48. The Morgan fingerprint density at radius 2 is 1.82 bits per heavy atom. The molecule has 3 aromatic heterocycles. The predicted molar refractivity (Wildman–Crippen MR) is 134 cm³/mol. The lowest BCUT2D eigenvalue weighted by Gasteiger charge is -2.34. The molecule has 0 radical (unpaired) electrons. The maximum absolute atomic E-state index is 11.6. The minimum absolute atomic E-state index is 0.166. The van der Waals surface area contributed by atoms with Crippen molar-refractivity contribution in [3.63, 3.8) is 0 Å². The highest BCUT2D eigenvalue weighted by Crippen LogP contribution is 2.32. The van der Waals surface area contributed by atoms with E-state index in [1.54, 1.807) is 13.1 Å². The molecule has 0 aliphatic carbocycles. The molecular weight excluding hydrogens is 424 g/mol. The largest absolute Gasteiger partial charge is 0.353 e. The Labute approximate surface area is 197 Å². The first-order chi connectivity index (χ1) is 16.6. The minimum Gasteiger partial charge on any atom is -0.353 e. The average molecular weight is 451 g/mol. The topological polar surface area (TPSA) is 80.9 Å². The number of H-pyrrole nitrogens is 2. The molecular formula is C27H26N6O. The van der Waals surface area contributed by atoms with E-state index in [0.29, 0.717) is 0 Å². The Kier molecular flexibility index (Phi) is 5.11. The van der Waals surface area contributed by atoms with E-state index in [2.05, 4.69) is 73.6 Å². The van der Waals surface area contributed by atoms with Gasteiger partial charge in [0.05, 0.1) is 11.2 Å². The van der Waals surface area contributed by atoms with Crippen molar-refractivity contribution in [3.8, 4) is 22.5 Å². The van der Waals surface area contributed by atoms with E-state index in [-0.39, 0.29) is 5.91 Å². The first kappa shape index (κ1) is 20.6. The highest BCUT2D eigenvalue weighted by molar-refractivity contribution is 5.97. The quantitative estimate of drug-likeness (QED) is 0.424. The second-order valence-electron chi connectivity index (χ2n) is 8.96. The molecule has 2 N–H and O–H groups in total. The Bertz CT molecular complexity index is 1480. The maximum Gasteiger partial charge on any atom is 0.219 e. The van der Waals surface area contributed by atoms with Crippen LogP contribution in [0.1, 0.15) is 12.5 Å². The van der Waals surface area contributed by atoms with E-state index >= 15 is 0 Å². The van der Waals surface area contributed by atoms with Crippen LogP contribution < -0.4 is 0 Å². The third-order valence-corrected chi connectivity index (χ3v) is 6.72. The summed E-state index contributed by atoms with van der Waals surface area (Å²) in [6, 6.07) is 19.1. The number of carbonyl (C=O) groups is 1. The van der Waals surface area contributed by atoms with Crippen molar-refractivity contribution >= 4 is 27.7 Å². The molecule has 5 aromatic rings. The van der Waals surface area contributed by atoms with Crippen LogP contribution in [0.3, 0.4) is 0 Å². The van der Waals surface area contributed by atoms with Crippen molar-refractivity contribution in [2.45, 2.75) is 13.5 Å². The van der Waals surface area contributed by atoms with Crippen molar-refractivity contribution in [2.24, 2.45) is 0 Å². The summed E-state index contributed by atoms with van der Waals surface area (Å²) in [7, 11) is 0. The molecule has 0 bridgehead atoms. The van der Waals surface area contributed by atoms with E-state index < -0.39 is 0 Å². The molecule has 1 amide bonds. The molecule has 2 aromatic carbocycles. The van der Waals surface area contributed by atoms with Crippen LogP contribution >= 0.6 is 0 Å². The van der Waals surface area contributed by atoms with Crippen molar-refractivity contribution in [3.05, 3.63) is 72.6 Å². The van der Waals surface area contributed by atoms with Gasteiger partial charge in [-0.25, -0.2) is 0 Å². The lowest BCUT2D eigenvalue weighted by molar-refractivity contribution is -0.130. The van der Waals surface area contributed by atoms with Crippen molar-refractivity contribution in [1.29, 1.82) is 0 Å². The molecule has 1 aliphatic rings. The van der Waals surface area contributed by atoms with Crippen LogP contribution in [-0.4, -0.2) is 62.1 Å². The molecule has 170 valence electrons. The number of aromatic nitrogens is 4. The van der Waals surface area contributed by atoms with Gasteiger partial charge in [-0.05, 0) is 47.5 Å². The first-order valence-electron chi connectivity index (χ1n) is 11.6. The Morgan fingerprint density at radius 1 is 0.971 bits per heavy atom. The molecule has 0 spiro atoms. The Morgan fingerprint density at radius 3 is 2.62 bits per heavy atom. The molecule has 34 heavy (non-hydrogen) atoms. The monoisotopic (exact) mass is 450 g/mol. The second kappa shape index (κ2) is 8.43. The van der Waals surface area contributed by atoms with Gasteiger partial charge in [-0.2, -0.15) is 5.10 Å². The van der Waals surface area contributed by atoms with Crippen LogP contribution in [0.2, 0.25) is 0 Å². The zero-order chi connectivity index (χ0) is 23.1. The van der Waals surface area contributed by atoms with E-state index in [1.807, 2.05) is 17.2 Å². The SMILES string of the molecule is CC(=O)N1CCN(Cc2ccc3[nH]c(-c4n[nH]c5ccc(-c6cccnc6)cc45)cc3c2)CC1. The number of carbonyl (C=O) groups excluding carboxylic acids is 1. The number of hydrogen-bond donors (Lipinski definition) is 2. The van der Waals surface area contributed by atoms with E-state index in [0.717, 1.165) is 71.7 Å². The summed E-state index contributed by atoms with van der Waals surface area (Å²) in [6.45, 7) is 5.97. The number of nitrogens with zero attached hydrogens (tertiary/aromatic N) is 4. The fraction of sp³-hybridized carbons (Fsp3) is 0.222. The number of pyridine rings is 1. The zero-order valence-electron chi connectivity index (χ0n) is 19.1. The highest BCUT2D eigenvalue weighted by Gasteiger charge is 2.19. The van der Waals surface area contributed by atoms with Gasteiger partial charge in [0, 0.05) is 73.9 Å². The Balaban J connectivity index is 1.27. The molecule has 0 atom stereocenters. The minimum atomic E-state index is 0.166. The number of amides is 1. The molecule has 7 nitrogen and oxygen atoms in total. The van der Waals surface area contributed by atoms with Gasteiger partial charge in [0.1, 0.15) is 5.69 Å². The van der Waals surface area contributed by atoms with Crippen LogP contribution in [-0.2, 0) is 11.3 Å². The van der Waals surface area contributed by atoms with Gasteiger partial charge in [0.2, 0.25) is 5.91 Å². The molecule has 7 heteroatoms. The fourth-order valence-electron chi connectivity index (χ4n) is 4.82. The van der Waals surface area contributed by atoms with Crippen LogP contribution in [0, 0.1) is 0 Å². The molecule has 6 rings (SSSR count). The third kappa shape index (κ3) is 3.84. The number of nitrogens with one attached hydrogen (secondary N) is 2. The molecule has 0 saturated carbocycles. The summed E-state index contributed by atoms with van der Waals surface area (Å²) in [5, 5.41) is 10.0. The third-order valence-electron chi connectivity index (χ3n) is 6.72. The van der Waals surface area contributed by atoms with E-state index in [1.165, 1.54) is 10.9 Å². The van der Waals surface area contributed by atoms with E-state index in [9.17, 15) is 4.79 Å². The standard InChI is InChI=1S/C27H26N6O/c1-18(34)33-11-9-32(10-12-33)17-19-4-6-24-22(13-19)15-26(29-24)27-23-14-20(5-7-25(23)30-31-27)21-3-2-8-28-16-21/h2-8,13-16,29H,9-12,17H2,1H3,(H,30,31). The van der Waals surface area contributed by atoms with Gasteiger partial charge in [-0.15, -0.1) is 0 Å². The van der Waals surface area contributed by atoms with Crippen LogP contribution in [0.25, 0.3) is 44.3 Å². The first-order valence-corrected chi connectivity index (χ1v) is 11.6. The maximum atomic E-state index is 11.6. The number of fused-ring (bicyclic) bond motifs is 2. The summed E-state index contributed by atoms with van der Waals surface area (Å²) in [5.74, 6) is 0.166. The number of hydrogen-bond acceptors (Lipinski definition) is 4. The molecule has 4 heterocycles. The number of rotatable bonds is 4. The predicted octanol–water partition coefficient (Wildman–Crippen LogP) is 4.44. The lowest BCUT2D eigenvalue weighted by Crippen LogP contribution is -2.47. The van der Waals surface area contributed by atoms with Crippen molar-refractivity contribution in [1.82, 2.24) is 30.0 Å². The zero-order valence-corrected chi connectivity index (χ0v) is 19.1. The Hall–Kier alpha value is -3.97.